The third kappa shape index (κ3) is 3.07. The molecule has 1 fully saturated rings. The van der Waals surface area contributed by atoms with Crippen LogP contribution in [0, 0.1) is 11.2 Å². The van der Waals surface area contributed by atoms with Crippen molar-refractivity contribution in [1.82, 2.24) is 14.8 Å². The minimum absolute atomic E-state index is 0.0266. The van der Waals surface area contributed by atoms with Crippen LogP contribution in [-0.2, 0) is 17.6 Å². The number of hydrogen-bond acceptors (Lipinski definition) is 3. The van der Waals surface area contributed by atoms with Crippen molar-refractivity contribution in [3.8, 4) is 5.69 Å². The number of rotatable bonds is 2. The molecule has 140 valence electrons. The topological polar surface area (TPSA) is 39.9 Å². The highest BCUT2D eigenvalue weighted by Gasteiger charge is 2.36. The lowest BCUT2D eigenvalue weighted by atomic mass is 9.79. The molecule has 1 aliphatic carbocycles. The highest BCUT2D eigenvalue weighted by Crippen LogP contribution is 2.41. The Morgan fingerprint density at radius 1 is 1.12 bits per heavy atom. The van der Waals surface area contributed by atoms with Gasteiger partial charge in [-0.3, -0.25) is 4.57 Å². The number of hydrogen-bond donors (Lipinski definition) is 0. The highest BCUT2D eigenvalue weighted by atomic mass is 19.1. The molecule has 2 aliphatic rings. The van der Waals surface area contributed by atoms with Gasteiger partial charge < -0.3 is 4.74 Å². The molecule has 0 N–H and O–H groups in total. The van der Waals surface area contributed by atoms with Crippen LogP contribution in [0.5, 0.6) is 0 Å². The van der Waals surface area contributed by atoms with Crippen molar-refractivity contribution in [2.24, 2.45) is 5.41 Å². The van der Waals surface area contributed by atoms with Gasteiger partial charge >= 0.3 is 0 Å². The summed E-state index contributed by atoms with van der Waals surface area (Å²) in [6.45, 7) is 6.63. The van der Waals surface area contributed by atoms with Crippen LogP contribution in [0.15, 0.2) is 18.2 Å². The zero-order valence-corrected chi connectivity index (χ0v) is 16.2. The molecule has 1 aromatic heterocycles. The molecule has 2 heterocycles. The molecule has 0 saturated heterocycles. The second-order valence-electron chi connectivity index (χ2n) is 9.03. The Hall–Kier alpha value is -1.75. The Balaban J connectivity index is 1.76. The Morgan fingerprint density at radius 2 is 1.85 bits per heavy atom. The molecule has 0 amide bonds. The van der Waals surface area contributed by atoms with Crippen molar-refractivity contribution < 1.29 is 9.13 Å². The number of halogens is 1. The maximum absolute atomic E-state index is 13.9. The van der Waals surface area contributed by atoms with Crippen LogP contribution in [0.2, 0.25) is 0 Å². The molecule has 4 nitrogen and oxygen atoms in total. The zero-order chi connectivity index (χ0) is 18.5. The number of nitrogens with zero attached hydrogens (tertiary/aromatic N) is 3. The maximum atomic E-state index is 13.9. The van der Waals surface area contributed by atoms with Gasteiger partial charge in [0.2, 0.25) is 0 Å². The number of fused-ring (bicyclic) bond motifs is 3. The molecule has 0 unspecified atom stereocenters. The molecule has 0 bridgehead atoms. The van der Waals surface area contributed by atoms with E-state index >= 15 is 0 Å². The van der Waals surface area contributed by atoms with Gasteiger partial charge in [0.05, 0.1) is 11.3 Å². The average Bonchev–Trinajstić information content (AvgIpc) is 2.93. The van der Waals surface area contributed by atoms with E-state index in [0.29, 0.717) is 5.92 Å². The first-order chi connectivity index (χ1) is 12.3. The van der Waals surface area contributed by atoms with E-state index in [4.69, 9.17) is 4.74 Å². The lowest BCUT2D eigenvalue weighted by Gasteiger charge is -2.35. The minimum Gasteiger partial charge on any atom is -0.379 e. The predicted octanol–water partition coefficient (Wildman–Crippen LogP) is 4.59. The molecule has 2 aromatic rings. The summed E-state index contributed by atoms with van der Waals surface area (Å²) in [6.07, 6.45) is 5.83. The first-order valence-corrected chi connectivity index (χ1v) is 9.58. The van der Waals surface area contributed by atoms with Crippen molar-refractivity contribution in [2.45, 2.75) is 70.8 Å². The fourth-order valence-electron chi connectivity index (χ4n) is 4.58. The normalized spacial score (nSPS) is 27.5. The standard InChI is InChI=1S/C21H28FN3O/c1-20(2)12-15-11-16(22)5-6-17(15)25-18(13-20)23-24-19(25)14-7-9-21(3,26-4)10-8-14/h5-6,11,14H,7-10,12-13H2,1-4H3. The van der Waals surface area contributed by atoms with E-state index in [9.17, 15) is 4.39 Å². The Morgan fingerprint density at radius 3 is 2.54 bits per heavy atom. The summed E-state index contributed by atoms with van der Waals surface area (Å²) in [5.74, 6) is 2.23. The van der Waals surface area contributed by atoms with Crippen LogP contribution >= 0.6 is 0 Å². The molecule has 5 heteroatoms. The van der Waals surface area contributed by atoms with Gasteiger partial charge in [0.25, 0.3) is 0 Å². The van der Waals surface area contributed by atoms with E-state index in [-0.39, 0.29) is 16.8 Å². The molecule has 0 spiro atoms. The summed E-state index contributed by atoms with van der Waals surface area (Å²) in [6, 6.07) is 5.12. The number of methoxy groups -OCH3 is 1. The van der Waals surface area contributed by atoms with E-state index in [1.54, 1.807) is 19.2 Å². The summed E-state index contributed by atoms with van der Waals surface area (Å²) in [5, 5.41) is 9.16. The molecular weight excluding hydrogens is 329 g/mol. The van der Waals surface area contributed by atoms with Gasteiger partial charge in [-0.2, -0.15) is 0 Å². The summed E-state index contributed by atoms with van der Waals surface area (Å²) in [7, 11) is 1.80. The Labute approximate surface area is 154 Å². The first kappa shape index (κ1) is 17.7. The van der Waals surface area contributed by atoms with Gasteiger partial charge in [-0.05, 0) is 68.2 Å². The van der Waals surface area contributed by atoms with E-state index in [0.717, 1.165) is 61.4 Å². The van der Waals surface area contributed by atoms with E-state index in [2.05, 4.69) is 35.5 Å². The SMILES string of the molecule is COC1(C)CCC(c2nnc3n2-c2ccc(F)cc2CC(C)(C)C3)CC1. The third-order valence-electron chi connectivity index (χ3n) is 6.24. The monoisotopic (exact) mass is 357 g/mol. The minimum atomic E-state index is -0.175. The van der Waals surface area contributed by atoms with Crippen LogP contribution in [-0.4, -0.2) is 27.5 Å². The number of aromatic nitrogens is 3. The lowest BCUT2D eigenvalue weighted by molar-refractivity contribution is -0.0277. The zero-order valence-electron chi connectivity index (χ0n) is 16.2. The largest absolute Gasteiger partial charge is 0.379 e. The Kier molecular flexibility index (Phi) is 4.18. The van der Waals surface area contributed by atoms with Gasteiger partial charge in [0.1, 0.15) is 17.5 Å². The van der Waals surface area contributed by atoms with E-state index in [1.165, 1.54) is 0 Å². The van der Waals surface area contributed by atoms with Crippen LogP contribution in [0.25, 0.3) is 5.69 Å². The molecule has 1 saturated carbocycles. The van der Waals surface area contributed by atoms with E-state index < -0.39 is 0 Å². The number of benzene rings is 1. The molecule has 0 atom stereocenters. The smallest absolute Gasteiger partial charge is 0.140 e. The second kappa shape index (κ2) is 6.15. The quantitative estimate of drug-likeness (QED) is 0.789. The molecule has 4 rings (SSSR count). The first-order valence-electron chi connectivity index (χ1n) is 9.58. The predicted molar refractivity (Wildman–Crippen MR) is 99.1 cm³/mol. The van der Waals surface area contributed by atoms with Crippen molar-refractivity contribution >= 4 is 0 Å². The molecule has 0 radical (unpaired) electrons. The van der Waals surface area contributed by atoms with Crippen LogP contribution in [0.1, 0.15) is 69.6 Å². The van der Waals surface area contributed by atoms with Gasteiger partial charge in [-0.15, -0.1) is 10.2 Å². The summed E-state index contributed by atoms with van der Waals surface area (Å²) in [4.78, 5) is 0. The van der Waals surface area contributed by atoms with Crippen molar-refractivity contribution in [3.05, 3.63) is 41.2 Å². The summed E-state index contributed by atoms with van der Waals surface area (Å²) in [5.41, 5.74) is 2.10. The van der Waals surface area contributed by atoms with Gasteiger partial charge in [0, 0.05) is 19.4 Å². The third-order valence-corrected chi connectivity index (χ3v) is 6.24. The highest BCUT2D eigenvalue weighted by molar-refractivity contribution is 5.45. The van der Waals surface area contributed by atoms with Crippen LogP contribution in [0.4, 0.5) is 4.39 Å². The van der Waals surface area contributed by atoms with Crippen LogP contribution < -0.4 is 0 Å². The summed E-state index contributed by atoms with van der Waals surface area (Å²) >= 11 is 0. The Bertz CT molecular complexity index is 819. The lowest BCUT2D eigenvalue weighted by Crippen LogP contribution is -2.32. The van der Waals surface area contributed by atoms with Gasteiger partial charge in [0.15, 0.2) is 0 Å². The van der Waals surface area contributed by atoms with E-state index in [1.807, 2.05) is 6.07 Å². The molecular formula is C21H28FN3O. The average molecular weight is 357 g/mol. The maximum Gasteiger partial charge on any atom is 0.140 e. The van der Waals surface area contributed by atoms with Crippen molar-refractivity contribution in [3.63, 3.8) is 0 Å². The van der Waals surface area contributed by atoms with Crippen molar-refractivity contribution in [1.29, 1.82) is 0 Å². The van der Waals surface area contributed by atoms with Crippen LogP contribution in [0.3, 0.4) is 0 Å². The molecule has 26 heavy (non-hydrogen) atoms. The van der Waals surface area contributed by atoms with Crippen molar-refractivity contribution in [2.75, 3.05) is 7.11 Å². The second-order valence-corrected chi connectivity index (χ2v) is 9.03. The number of ether oxygens (including phenoxy) is 1. The van der Waals surface area contributed by atoms with Gasteiger partial charge in [-0.1, -0.05) is 13.8 Å². The molecule has 1 aliphatic heterocycles. The fraction of sp³-hybridized carbons (Fsp3) is 0.619. The summed E-state index contributed by atoms with van der Waals surface area (Å²) < 4.78 is 21.8. The fourth-order valence-corrected chi connectivity index (χ4v) is 4.58. The molecule has 1 aromatic carbocycles. The van der Waals surface area contributed by atoms with Gasteiger partial charge in [-0.25, -0.2) is 4.39 Å².